The number of hydrogen-bond donors (Lipinski definition) is 2. The van der Waals surface area contributed by atoms with Gasteiger partial charge in [0, 0.05) is 18.0 Å². The number of carboxylic acids is 1. The molecule has 1 amide bonds. The highest BCUT2D eigenvalue weighted by atomic mass is 32.2. The van der Waals surface area contributed by atoms with Crippen LogP contribution in [0.15, 0.2) is 29.2 Å². The van der Waals surface area contributed by atoms with Gasteiger partial charge >= 0.3 is 5.97 Å². The van der Waals surface area contributed by atoms with E-state index in [0.717, 1.165) is 6.42 Å². The van der Waals surface area contributed by atoms with Crippen LogP contribution in [0.25, 0.3) is 0 Å². The van der Waals surface area contributed by atoms with E-state index in [2.05, 4.69) is 5.32 Å². The lowest BCUT2D eigenvalue weighted by atomic mass is 10.2. The highest BCUT2D eigenvalue weighted by Gasteiger charge is 2.11. The fourth-order valence-corrected chi connectivity index (χ4v) is 2.46. The first-order chi connectivity index (χ1) is 10.0. The largest absolute Gasteiger partial charge is 0.478 e. The Labute approximate surface area is 129 Å². The topological polar surface area (TPSA) is 75.6 Å². The summed E-state index contributed by atoms with van der Waals surface area (Å²) in [6, 6.07) is 6.67. The number of carbonyl (C=O) groups excluding carboxylic acids is 1. The molecule has 2 N–H and O–H groups in total. The van der Waals surface area contributed by atoms with Crippen LogP contribution in [0.3, 0.4) is 0 Å². The average Bonchev–Trinajstić information content (AvgIpc) is 2.44. The minimum absolute atomic E-state index is 0.107. The number of ether oxygens (including phenoxy) is 1. The summed E-state index contributed by atoms with van der Waals surface area (Å²) in [7, 11) is 0. The lowest BCUT2D eigenvalue weighted by Gasteiger charge is -2.09. The first kappa shape index (κ1) is 17.5. The van der Waals surface area contributed by atoms with Crippen molar-refractivity contribution in [2.24, 2.45) is 0 Å². The Morgan fingerprint density at radius 3 is 2.71 bits per heavy atom. The summed E-state index contributed by atoms with van der Waals surface area (Å²) < 4.78 is 5.37. The van der Waals surface area contributed by atoms with E-state index in [1.165, 1.54) is 17.8 Å². The zero-order valence-corrected chi connectivity index (χ0v) is 13.1. The van der Waals surface area contributed by atoms with E-state index < -0.39 is 5.97 Å². The Morgan fingerprint density at radius 1 is 1.33 bits per heavy atom. The molecule has 0 aromatic heterocycles. The second kappa shape index (κ2) is 9.41. The molecular weight excluding hydrogens is 290 g/mol. The molecule has 0 saturated carbocycles. The molecule has 0 fully saturated rings. The Kier molecular flexibility index (Phi) is 7.85. The normalized spacial score (nSPS) is 10.6. The minimum Gasteiger partial charge on any atom is -0.478 e. The predicted molar refractivity (Wildman–Crippen MR) is 82.8 cm³/mol. The Bertz CT molecular complexity index is 476. The van der Waals surface area contributed by atoms with Crippen molar-refractivity contribution in [3.8, 4) is 0 Å². The second-order valence-corrected chi connectivity index (χ2v) is 5.73. The SMILES string of the molecule is CC(C)OCCCNC(=O)CSc1ccccc1C(=O)O. The predicted octanol–water partition coefficient (Wildman–Crippen LogP) is 2.41. The maximum absolute atomic E-state index is 11.7. The third-order valence-corrected chi connectivity index (χ3v) is 3.64. The molecule has 0 aliphatic carbocycles. The van der Waals surface area contributed by atoms with E-state index in [1.54, 1.807) is 18.2 Å². The smallest absolute Gasteiger partial charge is 0.336 e. The lowest BCUT2D eigenvalue weighted by Crippen LogP contribution is -2.27. The van der Waals surface area contributed by atoms with Gasteiger partial charge in [0.15, 0.2) is 0 Å². The average molecular weight is 311 g/mol. The molecule has 5 nitrogen and oxygen atoms in total. The Hall–Kier alpha value is -1.53. The molecule has 1 aromatic rings. The number of hydrogen-bond acceptors (Lipinski definition) is 4. The number of amides is 1. The van der Waals surface area contributed by atoms with E-state index in [9.17, 15) is 9.59 Å². The fraction of sp³-hybridized carbons (Fsp3) is 0.467. The summed E-state index contributed by atoms with van der Waals surface area (Å²) in [6.07, 6.45) is 0.962. The van der Waals surface area contributed by atoms with Crippen LogP contribution < -0.4 is 5.32 Å². The van der Waals surface area contributed by atoms with Crippen LogP contribution in [0.2, 0.25) is 0 Å². The molecule has 21 heavy (non-hydrogen) atoms. The van der Waals surface area contributed by atoms with Crippen LogP contribution in [-0.2, 0) is 9.53 Å². The second-order valence-electron chi connectivity index (χ2n) is 4.71. The van der Waals surface area contributed by atoms with Crippen molar-refractivity contribution in [3.63, 3.8) is 0 Å². The maximum Gasteiger partial charge on any atom is 0.336 e. The van der Waals surface area contributed by atoms with Crippen LogP contribution >= 0.6 is 11.8 Å². The van der Waals surface area contributed by atoms with Crippen molar-refractivity contribution in [1.29, 1.82) is 0 Å². The van der Waals surface area contributed by atoms with Crippen molar-refractivity contribution in [1.82, 2.24) is 5.32 Å². The molecule has 0 radical (unpaired) electrons. The summed E-state index contributed by atoms with van der Waals surface area (Å²) >= 11 is 1.23. The van der Waals surface area contributed by atoms with Crippen molar-refractivity contribution in [3.05, 3.63) is 29.8 Å². The zero-order chi connectivity index (χ0) is 15.7. The van der Waals surface area contributed by atoms with E-state index in [-0.39, 0.29) is 23.3 Å². The van der Waals surface area contributed by atoms with Gasteiger partial charge in [-0.25, -0.2) is 4.79 Å². The summed E-state index contributed by atoms with van der Waals surface area (Å²) in [4.78, 5) is 23.3. The van der Waals surface area contributed by atoms with Gasteiger partial charge in [-0.15, -0.1) is 11.8 Å². The molecule has 1 aromatic carbocycles. The first-order valence-electron chi connectivity index (χ1n) is 6.84. The van der Waals surface area contributed by atoms with Gasteiger partial charge in [0.1, 0.15) is 0 Å². The van der Waals surface area contributed by atoms with Crippen molar-refractivity contribution in [2.45, 2.75) is 31.3 Å². The van der Waals surface area contributed by atoms with Gasteiger partial charge in [-0.3, -0.25) is 4.79 Å². The molecule has 116 valence electrons. The van der Waals surface area contributed by atoms with Crippen molar-refractivity contribution >= 4 is 23.6 Å². The van der Waals surface area contributed by atoms with Crippen LogP contribution in [-0.4, -0.2) is 42.0 Å². The summed E-state index contributed by atoms with van der Waals surface area (Å²) in [5.74, 6) is -0.885. The highest BCUT2D eigenvalue weighted by molar-refractivity contribution is 8.00. The third-order valence-electron chi connectivity index (χ3n) is 2.57. The van der Waals surface area contributed by atoms with Gasteiger partial charge in [-0.1, -0.05) is 12.1 Å². The van der Waals surface area contributed by atoms with Crippen LogP contribution in [0, 0.1) is 0 Å². The van der Waals surface area contributed by atoms with Crippen molar-refractivity contribution < 1.29 is 19.4 Å². The Balaban J connectivity index is 2.29. The van der Waals surface area contributed by atoms with Gasteiger partial charge in [0.2, 0.25) is 5.91 Å². The van der Waals surface area contributed by atoms with Gasteiger partial charge in [0.25, 0.3) is 0 Å². The minimum atomic E-state index is -0.982. The number of aromatic carboxylic acids is 1. The summed E-state index contributed by atoms with van der Waals surface area (Å²) in [6.45, 7) is 5.11. The van der Waals surface area contributed by atoms with E-state index in [1.807, 2.05) is 13.8 Å². The molecule has 0 unspecified atom stereocenters. The molecule has 0 bridgehead atoms. The van der Waals surface area contributed by atoms with Gasteiger partial charge < -0.3 is 15.2 Å². The van der Waals surface area contributed by atoms with E-state index in [0.29, 0.717) is 18.0 Å². The number of rotatable bonds is 9. The summed E-state index contributed by atoms with van der Waals surface area (Å²) in [5.41, 5.74) is 0.223. The summed E-state index contributed by atoms with van der Waals surface area (Å²) in [5, 5.41) is 11.8. The van der Waals surface area contributed by atoms with Crippen LogP contribution in [0.1, 0.15) is 30.6 Å². The number of thioether (sulfide) groups is 1. The number of nitrogens with one attached hydrogen (secondary N) is 1. The van der Waals surface area contributed by atoms with E-state index >= 15 is 0 Å². The fourth-order valence-electron chi connectivity index (χ4n) is 1.58. The number of carboxylic acid groups (broad SMARTS) is 1. The van der Waals surface area contributed by atoms with Crippen LogP contribution in [0.4, 0.5) is 0 Å². The molecular formula is C15H21NO4S. The molecule has 1 rings (SSSR count). The standard InChI is InChI=1S/C15H21NO4S/c1-11(2)20-9-5-8-16-14(17)10-21-13-7-4-3-6-12(13)15(18)19/h3-4,6-7,11H,5,8-10H2,1-2H3,(H,16,17)(H,18,19). The van der Waals surface area contributed by atoms with Gasteiger partial charge in [-0.2, -0.15) is 0 Å². The lowest BCUT2D eigenvalue weighted by molar-refractivity contribution is -0.118. The molecule has 0 atom stereocenters. The van der Waals surface area contributed by atoms with Crippen molar-refractivity contribution in [2.75, 3.05) is 18.9 Å². The highest BCUT2D eigenvalue weighted by Crippen LogP contribution is 2.22. The molecule has 0 aliphatic heterocycles. The number of benzene rings is 1. The molecule has 0 aliphatic rings. The Morgan fingerprint density at radius 2 is 2.05 bits per heavy atom. The van der Waals surface area contributed by atoms with Crippen LogP contribution in [0.5, 0.6) is 0 Å². The number of carbonyl (C=O) groups is 2. The third kappa shape index (κ3) is 7.15. The molecule has 0 heterocycles. The molecule has 0 spiro atoms. The van der Waals surface area contributed by atoms with E-state index in [4.69, 9.17) is 9.84 Å². The van der Waals surface area contributed by atoms with Gasteiger partial charge in [-0.05, 0) is 32.4 Å². The maximum atomic E-state index is 11.7. The first-order valence-corrected chi connectivity index (χ1v) is 7.82. The zero-order valence-electron chi connectivity index (χ0n) is 12.3. The monoisotopic (exact) mass is 311 g/mol. The van der Waals surface area contributed by atoms with Gasteiger partial charge in [0.05, 0.1) is 17.4 Å². The quantitative estimate of drug-likeness (QED) is 0.541. The molecule has 0 saturated heterocycles. The molecule has 6 heteroatoms.